The summed E-state index contributed by atoms with van der Waals surface area (Å²) in [5, 5.41) is 13.9. The minimum atomic E-state index is -0.718. The third-order valence-electron chi connectivity index (χ3n) is 5.77. The molecule has 12 nitrogen and oxygen atoms in total. The molecule has 1 aromatic heterocycles. The lowest BCUT2D eigenvalue weighted by Gasteiger charge is -2.41. The Kier molecular flexibility index (Phi) is 10.1. The van der Waals surface area contributed by atoms with Crippen LogP contribution in [-0.2, 0) is 9.47 Å². The van der Waals surface area contributed by atoms with E-state index in [0.717, 1.165) is 0 Å². The third-order valence-corrected chi connectivity index (χ3v) is 6.32. The van der Waals surface area contributed by atoms with Gasteiger partial charge in [-0.3, -0.25) is 5.43 Å². The molecule has 3 rings (SSSR count). The molecule has 1 unspecified atom stereocenters. The minimum absolute atomic E-state index is 0.00382. The van der Waals surface area contributed by atoms with Gasteiger partial charge >= 0.3 is 12.1 Å². The van der Waals surface area contributed by atoms with Gasteiger partial charge in [-0.2, -0.15) is 10.4 Å². The topological polar surface area (TPSA) is 142 Å². The number of ether oxygens (including phenoxy) is 3. The Labute approximate surface area is 236 Å². The second-order valence-corrected chi connectivity index (χ2v) is 10.4. The molecular formula is C26H32FN7O5S. The number of aromatic nitrogens is 2. The third kappa shape index (κ3) is 7.29. The van der Waals surface area contributed by atoms with Crippen LogP contribution in [0.3, 0.4) is 0 Å². The number of methoxy groups -OCH3 is 2. The van der Waals surface area contributed by atoms with Gasteiger partial charge in [0.15, 0.2) is 16.7 Å². The van der Waals surface area contributed by atoms with E-state index >= 15 is 0 Å². The molecule has 0 aliphatic carbocycles. The highest BCUT2D eigenvalue weighted by molar-refractivity contribution is 7.98. The van der Waals surface area contributed by atoms with Gasteiger partial charge in [0.25, 0.3) is 0 Å². The summed E-state index contributed by atoms with van der Waals surface area (Å²) in [7, 11) is 2.63. The van der Waals surface area contributed by atoms with Crippen molar-refractivity contribution in [1.82, 2.24) is 14.9 Å². The molecule has 214 valence electrons. The van der Waals surface area contributed by atoms with E-state index < -0.39 is 29.5 Å². The molecule has 1 aliphatic heterocycles. The van der Waals surface area contributed by atoms with Gasteiger partial charge in [-0.05, 0) is 39.2 Å². The standard InChI is InChI=1S/C26H32FN7O5S/c1-26(2,3)39-25(36)34-13-12-33(15-16(34)10-11-28)22-17(20(23(35)38-5)30-24(31-22)40-6)14-29-32-21-18(27)8-7-9-19(21)37-4/h7-9,14,16,32H,10,12-13,15H2,1-6H3/b29-14+. The van der Waals surface area contributed by atoms with Crippen molar-refractivity contribution in [3.05, 3.63) is 35.3 Å². The average molecular weight is 574 g/mol. The molecule has 1 aliphatic rings. The van der Waals surface area contributed by atoms with Crippen LogP contribution in [0.1, 0.15) is 43.2 Å². The lowest BCUT2D eigenvalue weighted by molar-refractivity contribution is 0.0144. The first-order valence-electron chi connectivity index (χ1n) is 12.3. The number of esters is 1. The lowest BCUT2D eigenvalue weighted by Crippen LogP contribution is -2.56. The fraction of sp³-hybridized carbons (Fsp3) is 0.462. The zero-order chi connectivity index (χ0) is 29.4. The van der Waals surface area contributed by atoms with Gasteiger partial charge in [0, 0.05) is 19.6 Å². The van der Waals surface area contributed by atoms with Crippen molar-refractivity contribution in [2.24, 2.45) is 5.10 Å². The first-order chi connectivity index (χ1) is 19.0. The quantitative estimate of drug-likeness (QED) is 0.161. The number of nitrogens with one attached hydrogen (secondary N) is 1. The van der Waals surface area contributed by atoms with Gasteiger partial charge in [-0.1, -0.05) is 17.8 Å². The number of hydrogen-bond donors (Lipinski definition) is 1. The average Bonchev–Trinajstić information content (AvgIpc) is 2.92. The Bertz CT molecular complexity index is 1310. The van der Waals surface area contributed by atoms with Crippen molar-refractivity contribution >= 4 is 41.5 Å². The number of rotatable bonds is 8. The van der Waals surface area contributed by atoms with Crippen LogP contribution < -0.4 is 15.1 Å². The van der Waals surface area contributed by atoms with Crippen LogP contribution in [-0.4, -0.2) is 84.9 Å². The number of hydrogen-bond acceptors (Lipinski definition) is 12. The Morgan fingerprint density at radius 3 is 2.67 bits per heavy atom. The van der Waals surface area contributed by atoms with Crippen molar-refractivity contribution in [2.75, 3.05) is 50.4 Å². The zero-order valence-electron chi connectivity index (χ0n) is 23.2. The minimum Gasteiger partial charge on any atom is -0.494 e. The zero-order valence-corrected chi connectivity index (χ0v) is 24.0. The van der Waals surface area contributed by atoms with E-state index in [1.165, 1.54) is 49.2 Å². The van der Waals surface area contributed by atoms with E-state index in [1.807, 2.05) is 4.90 Å². The number of halogens is 1. The number of carbonyl (C=O) groups excluding carboxylic acids is 2. The van der Waals surface area contributed by atoms with Gasteiger partial charge in [0.1, 0.15) is 22.9 Å². The molecule has 1 amide bonds. The van der Waals surface area contributed by atoms with Crippen molar-refractivity contribution < 1.29 is 28.2 Å². The highest BCUT2D eigenvalue weighted by atomic mass is 32.2. The number of nitriles is 1. The van der Waals surface area contributed by atoms with Gasteiger partial charge in [0.05, 0.1) is 44.5 Å². The molecule has 0 bridgehead atoms. The number of benzene rings is 1. The number of hydrazone groups is 1. The number of piperazine rings is 1. The fourth-order valence-electron chi connectivity index (χ4n) is 3.97. The SMILES string of the molecule is COC(=O)c1nc(SC)nc(N2CCN(C(=O)OC(C)(C)C)C(CC#N)C2)c1/C=N/Nc1c(F)cccc1OC. The monoisotopic (exact) mass is 573 g/mol. The summed E-state index contributed by atoms with van der Waals surface area (Å²) in [4.78, 5) is 38.0. The number of nitrogens with zero attached hydrogens (tertiary/aromatic N) is 6. The summed E-state index contributed by atoms with van der Waals surface area (Å²) in [6.45, 7) is 6.12. The van der Waals surface area contributed by atoms with E-state index in [9.17, 15) is 19.2 Å². The summed E-state index contributed by atoms with van der Waals surface area (Å²) in [6.07, 6.45) is 2.61. The molecule has 1 atom stereocenters. The van der Waals surface area contributed by atoms with Crippen LogP contribution in [0.4, 0.5) is 20.7 Å². The molecule has 1 saturated heterocycles. The summed E-state index contributed by atoms with van der Waals surface area (Å²) in [6, 6.07) is 5.95. The van der Waals surface area contributed by atoms with Crippen molar-refractivity contribution in [2.45, 2.75) is 44.0 Å². The van der Waals surface area contributed by atoms with E-state index in [0.29, 0.717) is 17.5 Å². The summed E-state index contributed by atoms with van der Waals surface area (Å²) in [5.41, 5.74) is 2.10. The van der Waals surface area contributed by atoms with Crippen LogP contribution in [0.2, 0.25) is 0 Å². The van der Waals surface area contributed by atoms with Gasteiger partial charge in [-0.25, -0.2) is 23.9 Å². The smallest absolute Gasteiger partial charge is 0.410 e. The van der Waals surface area contributed by atoms with E-state index in [2.05, 4.69) is 26.6 Å². The molecule has 1 N–H and O–H groups in total. The maximum absolute atomic E-state index is 14.4. The first-order valence-corrected chi connectivity index (χ1v) is 13.5. The van der Waals surface area contributed by atoms with E-state index in [-0.39, 0.29) is 42.2 Å². The first kappa shape index (κ1) is 30.4. The van der Waals surface area contributed by atoms with Crippen molar-refractivity contribution in [1.29, 1.82) is 5.26 Å². The maximum Gasteiger partial charge on any atom is 0.410 e. The van der Waals surface area contributed by atoms with Crippen LogP contribution in [0.5, 0.6) is 5.75 Å². The molecule has 2 heterocycles. The normalized spacial score (nSPS) is 15.5. The van der Waals surface area contributed by atoms with Gasteiger partial charge in [0.2, 0.25) is 0 Å². The molecule has 0 saturated carbocycles. The molecule has 1 aromatic carbocycles. The van der Waals surface area contributed by atoms with Crippen LogP contribution in [0.15, 0.2) is 28.5 Å². The van der Waals surface area contributed by atoms with Crippen molar-refractivity contribution in [3.8, 4) is 11.8 Å². The number of carbonyl (C=O) groups is 2. The highest BCUT2D eigenvalue weighted by Gasteiger charge is 2.35. The Morgan fingerprint density at radius 2 is 2.05 bits per heavy atom. The molecule has 1 fully saturated rings. The number of amides is 1. The Morgan fingerprint density at radius 1 is 1.30 bits per heavy atom. The lowest BCUT2D eigenvalue weighted by atomic mass is 10.1. The second kappa shape index (κ2) is 13.3. The number of anilines is 2. The summed E-state index contributed by atoms with van der Waals surface area (Å²) in [5.74, 6) is -0.726. The van der Waals surface area contributed by atoms with E-state index in [1.54, 1.807) is 33.1 Å². The van der Waals surface area contributed by atoms with Gasteiger partial charge in [-0.15, -0.1) is 0 Å². The molecule has 14 heteroatoms. The Hall–Kier alpha value is -4.12. The van der Waals surface area contributed by atoms with Crippen LogP contribution >= 0.6 is 11.8 Å². The maximum atomic E-state index is 14.4. The number of para-hydroxylation sites is 1. The predicted molar refractivity (Wildman–Crippen MR) is 148 cm³/mol. The molecular weight excluding hydrogens is 541 g/mol. The largest absolute Gasteiger partial charge is 0.494 e. The second-order valence-electron chi connectivity index (χ2n) is 9.61. The van der Waals surface area contributed by atoms with E-state index in [4.69, 9.17) is 14.2 Å². The number of thioether (sulfide) groups is 1. The van der Waals surface area contributed by atoms with Crippen LogP contribution in [0, 0.1) is 17.1 Å². The Balaban J connectivity index is 2.02. The van der Waals surface area contributed by atoms with Crippen molar-refractivity contribution in [3.63, 3.8) is 0 Å². The van der Waals surface area contributed by atoms with Crippen LogP contribution in [0.25, 0.3) is 0 Å². The highest BCUT2D eigenvalue weighted by Crippen LogP contribution is 2.29. The summed E-state index contributed by atoms with van der Waals surface area (Å²) < 4.78 is 30.1. The molecule has 40 heavy (non-hydrogen) atoms. The molecule has 2 aromatic rings. The fourth-order valence-corrected chi connectivity index (χ4v) is 4.33. The van der Waals surface area contributed by atoms with Gasteiger partial charge < -0.3 is 24.0 Å². The predicted octanol–water partition coefficient (Wildman–Crippen LogP) is 3.92. The molecule has 0 spiro atoms. The molecule has 0 radical (unpaired) electrons. The summed E-state index contributed by atoms with van der Waals surface area (Å²) >= 11 is 1.23.